The first-order valence-corrected chi connectivity index (χ1v) is 18.7. The van der Waals surface area contributed by atoms with Crippen molar-refractivity contribution in [1.82, 2.24) is 5.32 Å². The predicted molar refractivity (Wildman–Crippen MR) is 229 cm³/mol. The fourth-order valence-electron chi connectivity index (χ4n) is 8.25. The second kappa shape index (κ2) is 12.7. The van der Waals surface area contributed by atoms with Crippen molar-refractivity contribution in [3.63, 3.8) is 0 Å². The van der Waals surface area contributed by atoms with E-state index >= 15 is 0 Å². The van der Waals surface area contributed by atoms with E-state index in [2.05, 4.69) is 175 Å². The highest BCUT2D eigenvalue weighted by molar-refractivity contribution is 6.21. The Morgan fingerprint density at radius 1 is 0.436 bits per heavy atom. The van der Waals surface area contributed by atoms with Gasteiger partial charge < -0.3 is 9.73 Å². The maximum absolute atomic E-state index is 6.69. The maximum atomic E-state index is 6.69. The summed E-state index contributed by atoms with van der Waals surface area (Å²) >= 11 is 0. The molecule has 1 aromatic heterocycles. The molecule has 0 bridgehead atoms. The Hall–Kier alpha value is -7.30. The summed E-state index contributed by atoms with van der Waals surface area (Å²) in [5.41, 5.74) is 9.20. The maximum Gasteiger partial charge on any atom is 0.159 e. The summed E-state index contributed by atoms with van der Waals surface area (Å²) in [6.07, 6.45) is -0.319. The third kappa shape index (κ3) is 5.30. The molecule has 0 amide bonds. The summed E-state index contributed by atoms with van der Waals surface area (Å²) in [6.45, 7) is 0. The molecule has 2 heterocycles. The molecular formula is C51H33N3O. The van der Waals surface area contributed by atoms with Crippen LogP contribution in [0, 0.1) is 0 Å². The minimum atomic E-state index is -0.319. The van der Waals surface area contributed by atoms with Gasteiger partial charge in [-0.15, -0.1) is 0 Å². The number of furan rings is 1. The topological polar surface area (TPSA) is 49.9 Å². The summed E-state index contributed by atoms with van der Waals surface area (Å²) in [7, 11) is 0. The van der Waals surface area contributed by atoms with Gasteiger partial charge in [0.05, 0.1) is 0 Å². The van der Waals surface area contributed by atoms with E-state index < -0.39 is 0 Å². The van der Waals surface area contributed by atoms with Crippen molar-refractivity contribution < 1.29 is 4.42 Å². The summed E-state index contributed by atoms with van der Waals surface area (Å²) in [6, 6.07) is 66.3. The molecule has 9 aromatic carbocycles. The first-order chi connectivity index (χ1) is 27.2. The van der Waals surface area contributed by atoms with Crippen molar-refractivity contribution in [3.05, 3.63) is 205 Å². The van der Waals surface area contributed by atoms with Crippen LogP contribution in [-0.4, -0.2) is 11.7 Å². The first-order valence-electron chi connectivity index (χ1n) is 18.7. The van der Waals surface area contributed by atoms with Gasteiger partial charge in [0.2, 0.25) is 0 Å². The Labute approximate surface area is 317 Å². The van der Waals surface area contributed by atoms with E-state index in [-0.39, 0.29) is 6.17 Å². The van der Waals surface area contributed by atoms with Gasteiger partial charge in [0.15, 0.2) is 5.84 Å². The zero-order valence-electron chi connectivity index (χ0n) is 29.8. The molecule has 4 heteroatoms. The van der Waals surface area contributed by atoms with E-state index in [9.17, 15) is 0 Å². The normalized spacial score (nSPS) is 14.4. The monoisotopic (exact) mass is 703 g/mol. The molecule has 0 radical (unpaired) electrons. The lowest BCUT2D eigenvalue weighted by molar-refractivity contribution is 0.670. The average molecular weight is 704 g/mol. The lowest BCUT2D eigenvalue weighted by Crippen LogP contribution is -2.33. The van der Waals surface area contributed by atoms with Crippen LogP contribution in [0.25, 0.3) is 76.5 Å². The van der Waals surface area contributed by atoms with E-state index in [4.69, 9.17) is 14.4 Å². The van der Waals surface area contributed by atoms with Gasteiger partial charge in [-0.2, -0.15) is 0 Å². The molecule has 0 aliphatic carbocycles. The van der Waals surface area contributed by atoms with E-state index in [1.165, 1.54) is 21.5 Å². The smallest absolute Gasteiger partial charge is 0.159 e. The van der Waals surface area contributed by atoms with Gasteiger partial charge >= 0.3 is 0 Å². The van der Waals surface area contributed by atoms with Crippen molar-refractivity contribution >= 4 is 65.9 Å². The minimum absolute atomic E-state index is 0.319. The third-order valence-corrected chi connectivity index (χ3v) is 10.9. The van der Waals surface area contributed by atoms with Crippen molar-refractivity contribution in [2.75, 3.05) is 0 Å². The number of para-hydroxylation sites is 1. The molecule has 55 heavy (non-hydrogen) atoms. The lowest BCUT2D eigenvalue weighted by atomic mass is 9.90. The minimum Gasteiger partial charge on any atom is -0.455 e. The summed E-state index contributed by atoms with van der Waals surface area (Å²) in [5, 5.41) is 13.0. The Kier molecular flexibility index (Phi) is 7.20. The Balaban J connectivity index is 1.12. The van der Waals surface area contributed by atoms with Crippen LogP contribution in [0.5, 0.6) is 0 Å². The van der Waals surface area contributed by atoms with Crippen molar-refractivity contribution in [2.24, 2.45) is 9.98 Å². The highest BCUT2D eigenvalue weighted by Crippen LogP contribution is 2.44. The lowest BCUT2D eigenvalue weighted by Gasteiger charge is -2.24. The number of nitrogens with one attached hydrogen (secondary N) is 1. The van der Waals surface area contributed by atoms with Crippen LogP contribution in [0.2, 0.25) is 0 Å². The van der Waals surface area contributed by atoms with E-state index in [1.54, 1.807) is 0 Å². The highest BCUT2D eigenvalue weighted by atomic mass is 16.3. The van der Waals surface area contributed by atoms with Gasteiger partial charge in [0.1, 0.15) is 23.2 Å². The summed E-state index contributed by atoms with van der Waals surface area (Å²) < 4.78 is 6.69. The van der Waals surface area contributed by atoms with E-state index in [1.807, 2.05) is 18.2 Å². The largest absolute Gasteiger partial charge is 0.455 e. The van der Waals surface area contributed by atoms with Gasteiger partial charge in [-0.1, -0.05) is 158 Å². The van der Waals surface area contributed by atoms with Crippen molar-refractivity contribution in [1.29, 1.82) is 0 Å². The number of fused-ring (bicyclic) bond motifs is 7. The molecule has 0 saturated carbocycles. The number of hydrogen-bond acceptors (Lipinski definition) is 4. The van der Waals surface area contributed by atoms with Crippen LogP contribution in [-0.2, 0) is 0 Å². The highest BCUT2D eigenvalue weighted by Gasteiger charge is 2.24. The Bertz CT molecular complexity index is 3180. The number of amidine groups is 2. The second-order valence-corrected chi connectivity index (χ2v) is 14.2. The molecular weight excluding hydrogens is 671 g/mol. The molecule has 258 valence electrons. The van der Waals surface area contributed by atoms with Gasteiger partial charge in [0, 0.05) is 27.5 Å². The van der Waals surface area contributed by atoms with Crippen LogP contribution < -0.4 is 5.32 Å². The fourth-order valence-corrected chi connectivity index (χ4v) is 8.25. The zero-order valence-corrected chi connectivity index (χ0v) is 29.8. The van der Waals surface area contributed by atoms with E-state index in [0.717, 1.165) is 77.5 Å². The molecule has 1 aliphatic rings. The number of nitrogens with zero attached hydrogens (tertiary/aromatic N) is 2. The van der Waals surface area contributed by atoms with Crippen LogP contribution in [0.4, 0.5) is 0 Å². The molecule has 0 spiro atoms. The first kappa shape index (κ1) is 31.2. The quantitative estimate of drug-likeness (QED) is 0.181. The van der Waals surface area contributed by atoms with E-state index in [0.29, 0.717) is 5.84 Å². The molecule has 11 rings (SSSR count). The fraction of sp³-hybridized carbons (Fsp3) is 0.0196. The molecule has 0 fully saturated rings. The molecule has 1 N–H and O–H groups in total. The SMILES string of the molecule is c1ccc(-c2ccc(-c3cc(C4=NC(c5ccccc5)NC(c5ccc6c(ccc7ccccc76)c5)=N4)cc4ccccc34)c3c2oc2ccccc23)cc1. The summed E-state index contributed by atoms with van der Waals surface area (Å²) in [5.74, 6) is 1.47. The molecule has 1 atom stereocenters. The molecule has 1 unspecified atom stereocenters. The number of aliphatic imine (C=N–C) groups is 2. The van der Waals surface area contributed by atoms with Crippen molar-refractivity contribution in [2.45, 2.75) is 6.17 Å². The van der Waals surface area contributed by atoms with Crippen molar-refractivity contribution in [3.8, 4) is 22.3 Å². The molecule has 0 saturated heterocycles. The van der Waals surface area contributed by atoms with Gasteiger partial charge in [-0.05, 0) is 84.9 Å². The third-order valence-electron chi connectivity index (χ3n) is 10.9. The molecule has 10 aromatic rings. The molecule has 4 nitrogen and oxygen atoms in total. The van der Waals surface area contributed by atoms with Gasteiger partial charge in [-0.3, -0.25) is 0 Å². The Morgan fingerprint density at radius 3 is 1.93 bits per heavy atom. The predicted octanol–water partition coefficient (Wildman–Crippen LogP) is 12.9. The van der Waals surface area contributed by atoms with Gasteiger partial charge in [-0.25, -0.2) is 9.98 Å². The zero-order chi connectivity index (χ0) is 36.3. The van der Waals surface area contributed by atoms with Crippen LogP contribution in [0.1, 0.15) is 22.9 Å². The Morgan fingerprint density at radius 2 is 1.07 bits per heavy atom. The number of rotatable bonds is 5. The second-order valence-electron chi connectivity index (χ2n) is 14.2. The van der Waals surface area contributed by atoms with Gasteiger partial charge in [0.25, 0.3) is 0 Å². The summed E-state index contributed by atoms with van der Waals surface area (Å²) in [4.78, 5) is 10.6. The van der Waals surface area contributed by atoms with Crippen LogP contribution in [0.15, 0.2) is 202 Å². The number of benzene rings is 9. The van der Waals surface area contributed by atoms with Crippen LogP contribution in [0.3, 0.4) is 0 Å². The number of hydrogen-bond donors (Lipinski definition) is 1. The standard InChI is InChI=1S/C51H33N3O/c1-3-13-32(14-4-1)42-27-28-43(47-44-21-11-12-22-46(44)55-48(42)47)45-31-38(30-35-18-8-10-20-40(35)45)51-53-49(34-16-5-2-6-17-34)52-50(54-51)37-25-26-41-36(29-37)24-23-33-15-7-9-19-39(33)41/h1-31,49H,(H,52,53,54). The van der Waals surface area contributed by atoms with Crippen LogP contribution >= 0.6 is 0 Å². The molecule has 1 aliphatic heterocycles. The average Bonchev–Trinajstić information content (AvgIpc) is 3.66.